The van der Waals surface area contributed by atoms with Crippen LogP contribution in [-0.4, -0.2) is 81.2 Å². The zero-order valence-corrected chi connectivity index (χ0v) is 16.2. The molecule has 2 rings (SSSR count). The molecule has 1 aromatic rings. The number of carbonyl (C=O) groups is 2. The molecule has 1 heterocycles. The largest absolute Gasteiger partial charge is 0.368 e. The standard InChI is InChI=1S/C17H26N4O4S/c1-19(2)26(24,25)14-7-4-13(5-8-14)6-9-16(22)21-11-10-20(3)15(12-21)17(18)23/h4-5,7-8,15H,6,9-12H2,1-3H3,(H2,18,23). The Morgan fingerprint density at radius 3 is 2.35 bits per heavy atom. The summed E-state index contributed by atoms with van der Waals surface area (Å²) < 4.78 is 25.3. The molecule has 2 N–H and O–H groups in total. The van der Waals surface area contributed by atoms with Gasteiger partial charge in [0.25, 0.3) is 0 Å². The second kappa shape index (κ2) is 8.15. The van der Waals surface area contributed by atoms with Crippen LogP contribution in [0.15, 0.2) is 29.2 Å². The number of benzene rings is 1. The van der Waals surface area contributed by atoms with Gasteiger partial charge in [0.2, 0.25) is 21.8 Å². The molecule has 1 aromatic carbocycles. The molecule has 9 heteroatoms. The van der Waals surface area contributed by atoms with Crippen molar-refractivity contribution in [3.8, 4) is 0 Å². The third-order valence-electron chi connectivity index (χ3n) is 4.66. The van der Waals surface area contributed by atoms with Crippen LogP contribution in [0.4, 0.5) is 0 Å². The van der Waals surface area contributed by atoms with Gasteiger partial charge in [-0.1, -0.05) is 12.1 Å². The van der Waals surface area contributed by atoms with Crippen LogP contribution in [0.25, 0.3) is 0 Å². The maximum atomic E-state index is 12.4. The first-order chi connectivity index (χ1) is 12.1. The van der Waals surface area contributed by atoms with E-state index < -0.39 is 22.0 Å². The summed E-state index contributed by atoms with van der Waals surface area (Å²) in [7, 11) is 1.34. The molecule has 1 aliphatic heterocycles. The van der Waals surface area contributed by atoms with Gasteiger partial charge in [-0.25, -0.2) is 12.7 Å². The van der Waals surface area contributed by atoms with Crippen molar-refractivity contribution in [2.45, 2.75) is 23.8 Å². The molecular weight excluding hydrogens is 356 g/mol. The third kappa shape index (κ3) is 4.60. The Morgan fingerprint density at radius 1 is 1.19 bits per heavy atom. The molecule has 1 fully saturated rings. The Bertz CT molecular complexity index is 761. The molecule has 0 radical (unpaired) electrons. The maximum absolute atomic E-state index is 12.4. The molecular formula is C17H26N4O4S. The number of hydrogen-bond donors (Lipinski definition) is 1. The first-order valence-corrected chi connectivity index (χ1v) is 9.85. The number of primary amides is 1. The normalized spacial score (nSPS) is 18.9. The lowest BCUT2D eigenvalue weighted by atomic mass is 10.1. The van der Waals surface area contributed by atoms with Gasteiger partial charge in [0.15, 0.2) is 0 Å². The topological polar surface area (TPSA) is 104 Å². The fourth-order valence-electron chi connectivity index (χ4n) is 2.86. The summed E-state index contributed by atoms with van der Waals surface area (Å²) in [6, 6.07) is 6.09. The molecule has 1 unspecified atom stereocenters. The quantitative estimate of drug-likeness (QED) is 0.714. The van der Waals surface area contributed by atoms with Gasteiger partial charge in [-0.3, -0.25) is 14.5 Å². The minimum absolute atomic E-state index is 0.0330. The first kappa shape index (κ1) is 20.3. The molecule has 0 aromatic heterocycles. The van der Waals surface area contributed by atoms with E-state index in [0.717, 1.165) is 9.87 Å². The van der Waals surface area contributed by atoms with Crippen LogP contribution in [0, 0.1) is 0 Å². The van der Waals surface area contributed by atoms with E-state index in [-0.39, 0.29) is 10.8 Å². The molecule has 8 nitrogen and oxygen atoms in total. The minimum Gasteiger partial charge on any atom is -0.368 e. The zero-order chi connectivity index (χ0) is 19.5. The van der Waals surface area contributed by atoms with Gasteiger partial charge in [-0.15, -0.1) is 0 Å². The molecule has 2 amide bonds. The minimum atomic E-state index is -3.45. The highest BCUT2D eigenvalue weighted by molar-refractivity contribution is 7.89. The van der Waals surface area contributed by atoms with E-state index in [1.807, 2.05) is 11.9 Å². The number of sulfonamides is 1. The van der Waals surface area contributed by atoms with Gasteiger partial charge >= 0.3 is 0 Å². The number of amides is 2. The maximum Gasteiger partial charge on any atom is 0.242 e. The van der Waals surface area contributed by atoms with Crippen molar-refractivity contribution in [3.63, 3.8) is 0 Å². The lowest BCUT2D eigenvalue weighted by Crippen LogP contribution is -2.57. The van der Waals surface area contributed by atoms with E-state index in [1.54, 1.807) is 29.2 Å². The summed E-state index contributed by atoms with van der Waals surface area (Å²) in [6.45, 7) is 1.49. The molecule has 1 saturated heterocycles. The molecule has 0 spiro atoms. The monoisotopic (exact) mass is 382 g/mol. The number of rotatable bonds is 6. The number of nitrogens with zero attached hydrogens (tertiary/aromatic N) is 3. The first-order valence-electron chi connectivity index (χ1n) is 8.41. The summed E-state index contributed by atoms with van der Waals surface area (Å²) in [6.07, 6.45) is 0.809. The highest BCUT2D eigenvalue weighted by atomic mass is 32.2. The van der Waals surface area contributed by atoms with Crippen molar-refractivity contribution < 1.29 is 18.0 Å². The Labute approximate surface area is 154 Å². The Morgan fingerprint density at radius 2 is 1.81 bits per heavy atom. The predicted octanol–water partition coefficient (Wildman–Crippen LogP) is -0.503. The number of likely N-dealkylation sites (N-methyl/N-ethyl adjacent to an activating group) is 1. The van der Waals surface area contributed by atoms with E-state index in [2.05, 4.69) is 0 Å². The molecule has 1 aliphatic rings. The highest BCUT2D eigenvalue weighted by Gasteiger charge is 2.30. The van der Waals surface area contributed by atoms with Gasteiger partial charge in [-0.2, -0.15) is 0 Å². The van der Waals surface area contributed by atoms with E-state index in [1.165, 1.54) is 14.1 Å². The third-order valence-corrected chi connectivity index (χ3v) is 6.49. The van der Waals surface area contributed by atoms with E-state index in [0.29, 0.717) is 32.5 Å². The van der Waals surface area contributed by atoms with Crippen LogP contribution in [-0.2, 0) is 26.0 Å². The number of piperazine rings is 1. The lowest BCUT2D eigenvalue weighted by Gasteiger charge is -2.37. The van der Waals surface area contributed by atoms with Gasteiger partial charge in [0.05, 0.1) is 4.90 Å². The molecule has 144 valence electrons. The SMILES string of the molecule is CN1CCN(C(=O)CCc2ccc(S(=O)(=O)N(C)C)cc2)CC1C(N)=O. The van der Waals surface area contributed by atoms with Gasteiger partial charge in [-0.05, 0) is 31.2 Å². The molecule has 0 bridgehead atoms. The van der Waals surface area contributed by atoms with Crippen molar-refractivity contribution in [2.24, 2.45) is 5.73 Å². The Balaban J connectivity index is 1.94. The number of nitrogens with two attached hydrogens (primary N) is 1. The van der Waals surface area contributed by atoms with Crippen molar-refractivity contribution in [2.75, 3.05) is 40.8 Å². The van der Waals surface area contributed by atoms with Crippen molar-refractivity contribution in [3.05, 3.63) is 29.8 Å². The lowest BCUT2D eigenvalue weighted by molar-refractivity contribution is -0.136. The summed E-state index contributed by atoms with van der Waals surface area (Å²) in [4.78, 5) is 27.6. The second-order valence-electron chi connectivity index (χ2n) is 6.67. The Kier molecular flexibility index (Phi) is 6.38. The number of carbonyl (C=O) groups excluding carboxylic acids is 2. The summed E-state index contributed by atoms with van der Waals surface area (Å²) in [5.41, 5.74) is 6.27. The second-order valence-corrected chi connectivity index (χ2v) is 8.82. The summed E-state index contributed by atoms with van der Waals surface area (Å²) in [5.74, 6) is -0.461. The smallest absolute Gasteiger partial charge is 0.242 e. The van der Waals surface area contributed by atoms with Crippen LogP contribution in [0.3, 0.4) is 0 Å². The van der Waals surface area contributed by atoms with Crippen molar-refractivity contribution in [1.82, 2.24) is 14.1 Å². The molecule has 0 saturated carbocycles. The summed E-state index contributed by atoms with van der Waals surface area (Å²) in [5, 5.41) is 0. The van der Waals surface area contributed by atoms with Gasteiger partial charge in [0, 0.05) is 40.2 Å². The van der Waals surface area contributed by atoms with Crippen LogP contribution < -0.4 is 5.73 Å². The van der Waals surface area contributed by atoms with E-state index in [9.17, 15) is 18.0 Å². The number of hydrogen-bond acceptors (Lipinski definition) is 5. The van der Waals surface area contributed by atoms with Gasteiger partial charge < -0.3 is 10.6 Å². The zero-order valence-electron chi connectivity index (χ0n) is 15.4. The van der Waals surface area contributed by atoms with Crippen molar-refractivity contribution >= 4 is 21.8 Å². The fraction of sp³-hybridized carbons (Fsp3) is 0.529. The molecule has 0 aliphatic carbocycles. The fourth-order valence-corrected chi connectivity index (χ4v) is 3.76. The Hall–Kier alpha value is -1.97. The van der Waals surface area contributed by atoms with Crippen molar-refractivity contribution in [1.29, 1.82) is 0 Å². The van der Waals surface area contributed by atoms with Gasteiger partial charge in [0.1, 0.15) is 6.04 Å². The average molecular weight is 382 g/mol. The summed E-state index contributed by atoms with van der Waals surface area (Å²) >= 11 is 0. The van der Waals surface area contributed by atoms with E-state index >= 15 is 0 Å². The van der Waals surface area contributed by atoms with Crippen LogP contribution in [0.5, 0.6) is 0 Å². The average Bonchev–Trinajstić information content (AvgIpc) is 2.60. The number of aryl methyl sites for hydroxylation is 1. The highest BCUT2D eigenvalue weighted by Crippen LogP contribution is 2.16. The molecule has 1 atom stereocenters. The van der Waals surface area contributed by atoms with Crippen LogP contribution >= 0.6 is 0 Å². The van der Waals surface area contributed by atoms with Crippen LogP contribution in [0.1, 0.15) is 12.0 Å². The molecule has 26 heavy (non-hydrogen) atoms. The van der Waals surface area contributed by atoms with E-state index in [4.69, 9.17) is 5.73 Å². The van der Waals surface area contributed by atoms with Crippen LogP contribution in [0.2, 0.25) is 0 Å². The predicted molar refractivity (Wildman–Crippen MR) is 97.8 cm³/mol.